The summed E-state index contributed by atoms with van der Waals surface area (Å²) in [6.45, 7) is -0.365. The average Bonchev–Trinajstić information content (AvgIpc) is 3.03. The van der Waals surface area contributed by atoms with E-state index in [4.69, 9.17) is 11.6 Å². The molecule has 6 nitrogen and oxygen atoms in total. The number of anilines is 1. The second-order valence-electron chi connectivity index (χ2n) is 7.19. The topological polar surface area (TPSA) is 79.0 Å². The van der Waals surface area contributed by atoms with Crippen molar-refractivity contribution in [2.45, 2.75) is 12.7 Å². The molecule has 11 heteroatoms. The quantitative estimate of drug-likeness (QED) is 0.229. The number of carbonyl (C=O) groups is 1. The maximum Gasteiger partial charge on any atom is 0.418 e. The molecule has 4 aromatic rings. The summed E-state index contributed by atoms with van der Waals surface area (Å²) in [5, 5.41) is 21.5. The summed E-state index contributed by atoms with van der Waals surface area (Å²) in [5.74, 6) is -1.49. The van der Waals surface area contributed by atoms with Crippen molar-refractivity contribution in [2.75, 3.05) is 5.32 Å². The van der Waals surface area contributed by atoms with Crippen molar-refractivity contribution in [2.24, 2.45) is 10.2 Å². The Kier molecular flexibility index (Phi) is 6.25. The molecule has 1 heterocycles. The second-order valence-corrected chi connectivity index (χ2v) is 7.63. The predicted molar refractivity (Wildman–Crippen MR) is 119 cm³/mol. The standard InChI is InChI=1S/C23H15ClF4N4O2/c24-13-5-10-19-16(11-13)21(31-30-18-4-2-1-3-17(18)23(26,27)28)22(34)32(19)12-20(33)29-15-8-6-14(25)7-9-15/h1-11,34H,12H2,(H,29,33). The van der Waals surface area contributed by atoms with Crippen LogP contribution in [-0.4, -0.2) is 15.6 Å². The van der Waals surface area contributed by atoms with Gasteiger partial charge in [0.05, 0.1) is 16.8 Å². The number of rotatable bonds is 5. The molecule has 1 aromatic heterocycles. The van der Waals surface area contributed by atoms with Crippen LogP contribution in [0.3, 0.4) is 0 Å². The zero-order valence-corrected chi connectivity index (χ0v) is 17.9. The molecule has 0 saturated carbocycles. The number of benzene rings is 3. The highest BCUT2D eigenvalue weighted by atomic mass is 35.5. The van der Waals surface area contributed by atoms with Crippen LogP contribution in [0.15, 0.2) is 77.0 Å². The van der Waals surface area contributed by atoms with Crippen LogP contribution < -0.4 is 5.32 Å². The minimum absolute atomic E-state index is 0.149. The van der Waals surface area contributed by atoms with E-state index in [9.17, 15) is 27.5 Å². The number of azo groups is 1. The van der Waals surface area contributed by atoms with E-state index in [1.807, 2.05) is 0 Å². The van der Waals surface area contributed by atoms with E-state index in [0.29, 0.717) is 11.2 Å². The van der Waals surface area contributed by atoms with Crippen molar-refractivity contribution < 1.29 is 27.5 Å². The third kappa shape index (κ3) is 4.86. The van der Waals surface area contributed by atoms with Crippen molar-refractivity contribution in [3.63, 3.8) is 0 Å². The molecule has 34 heavy (non-hydrogen) atoms. The smallest absolute Gasteiger partial charge is 0.418 e. The molecule has 0 aliphatic heterocycles. The number of carbonyl (C=O) groups excluding carboxylic acids is 1. The molecule has 0 unspecified atom stereocenters. The van der Waals surface area contributed by atoms with Gasteiger partial charge in [-0.25, -0.2) is 4.39 Å². The first kappa shape index (κ1) is 23.2. The van der Waals surface area contributed by atoms with Crippen LogP contribution in [0.2, 0.25) is 5.02 Å². The van der Waals surface area contributed by atoms with E-state index < -0.39 is 35.0 Å². The van der Waals surface area contributed by atoms with Crippen LogP contribution in [0, 0.1) is 5.82 Å². The number of hydrogen-bond acceptors (Lipinski definition) is 4. The summed E-state index contributed by atoms with van der Waals surface area (Å²) in [4.78, 5) is 12.5. The van der Waals surface area contributed by atoms with Crippen LogP contribution in [0.4, 0.5) is 34.6 Å². The van der Waals surface area contributed by atoms with E-state index in [0.717, 1.165) is 12.1 Å². The molecule has 0 spiro atoms. The predicted octanol–water partition coefficient (Wildman–Crippen LogP) is 7.21. The van der Waals surface area contributed by atoms with Crippen LogP contribution in [0.5, 0.6) is 5.88 Å². The molecule has 174 valence electrons. The lowest BCUT2D eigenvalue weighted by molar-refractivity contribution is -0.137. The third-order valence-corrected chi connectivity index (χ3v) is 5.10. The van der Waals surface area contributed by atoms with Crippen molar-refractivity contribution in [1.29, 1.82) is 0 Å². The van der Waals surface area contributed by atoms with Gasteiger partial charge in [-0.1, -0.05) is 23.7 Å². The minimum atomic E-state index is -4.65. The Morgan fingerprint density at radius 3 is 2.44 bits per heavy atom. The Labute approximate surface area is 195 Å². The van der Waals surface area contributed by atoms with E-state index in [1.165, 1.54) is 59.2 Å². The largest absolute Gasteiger partial charge is 0.493 e. The molecule has 0 fully saturated rings. The first-order chi connectivity index (χ1) is 16.1. The molecule has 0 aliphatic rings. The molecule has 0 atom stereocenters. The van der Waals surface area contributed by atoms with Gasteiger partial charge >= 0.3 is 6.18 Å². The highest BCUT2D eigenvalue weighted by Gasteiger charge is 2.33. The number of nitrogens with one attached hydrogen (secondary N) is 1. The lowest BCUT2D eigenvalue weighted by Crippen LogP contribution is -2.18. The fourth-order valence-corrected chi connectivity index (χ4v) is 3.51. The Balaban J connectivity index is 1.71. The highest BCUT2D eigenvalue weighted by molar-refractivity contribution is 6.31. The monoisotopic (exact) mass is 490 g/mol. The number of aromatic nitrogens is 1. The Hall–Kier alpha value is -3.92. The fourth-order valence-electron chi connectivity index (χ4n) is 3.34. The van der Waals surface area contributed by atoms with Crippen LogP contribution in [0.25, 0.3) is 10.9 Å². The van der Waals surface area contributed by atoms with Crippen molar-refractivity contribution in [3.05, 3.63) is 83.1 Å². The highest BCUT2D eigenvalue weighted by Crippen LogP contribution is 2.42. The number of halogens is 5. The van der Waals surface area contributed by atoms with Gasteiger partial charge in [-0.05, 0) is 54.6 Å². The normalized spacial score (nSPS) is 11.9. The Morgan fingerprint density at radius 1 is 1.03 bits per heavy atom. The van der Waals surface area contributed by atoms with Gasteiger partial charge in [0, 0.05) is 16.1 Å². The van der Waals surface area contributed by atoms with Gasteiger partial charge in [-0.3, -0.25) is 4.79 Å². The van der Waals surface area contributed by atoms with Gasteiger partial charge in [0.1, 0.15) is 12.4 Å². The maximum absolute atomic E-state index is 13.3. The zero-order chi connectivity index (χ0) is 24.5. The summed E-state index contributed by atoms with van der Waals surface area (Å²) in [7, 11) is 0. The van der Waals surface area contributed by atoms with Gasteiger partial charge in [-0.15, -0.1) is 10.2 Å². The number of aromatic hydroxyl groups is 1. The van der Waals surface area contributed by atoms with Crippen LogP contribution in [0.1, 0.15) is 5.56 Å². The van der Waals surface area contributed by atoms with Crippen LogP contribution >= 0.6 is 11.6 Å². The molecule has 0 aliphatic carbocycles. The zero-order valence-electron chi connectivity index (χ0n) is 17.1. The van der Waals surface area contributed by atoms with E-state index in [-0.39, 0.29) is 22.6 Å². The number of alkyl halides is 3. The second kappa shape index (κ2) is 9.14. The van der Waals surface area contributed by atoms with Gasteiger partial charge in [0.2, 0.25) is 11.8 Å². The summed E-state index contributed by atoms with van der Waals surface area (Å²) < 4.78 is 54.1. The molecule has 2 N–H and O–H groups in total. The molecule has 0 bridgehead atoms. The number of amides is 1. The lowest BCUT2D eigenvalue weighted by atomic mass is 10.2. The van der Waals surface area contributed by atoms with E-state index >= 15 is 0 Å². The molecule has 0 radical (unpaired) electrons. The molecule has 4 rings (SSSR count). The Bertz CT molecular complexity index is 1400. The van der Waals surface area contributed by atoms with Gasteiger partial charge in [0.25, 0.3) is 0 Å². The van der Waals surface area contributed by atoms with Gasteiger partial charge in [-0.2, -0.15) is 13.2 Å². The third-order valence-electron chi connectivity index (χ3n) is 4.87. The molecular formula is C23H15ClF4N4O2. The van der Waals surface area contributed by atoms with Crippen LogP contribution in [-0.2, 0) is 17.5 Å². The lowest BCUT2D eigenvalue weighted by Gasteiger charge is -2.09. The van der Waals surface area contributed by atoms with Crippen molar-refractivity contribution in [1.82, 2.24) is 4.57 Å². The molecular weight excluding hydrogens is 476 g/mol. The molecule has 0 saturated heterocycles. The van der Waals surface area contributed by atoms with Gasteiger partial charge < -0.3 is 15.0 Å². The van der Waals surface area contributed by atoms with E-state index in [2.05, 4.69) is 15.5 Å². The first-order valence-corrected chi connectivity index (χ1v) is 10.2. The summed E-state index contributed by atoms with van der Waals surface area (Å²) in [5.41, 5.74) is -0.877. The number of hydrogen-bond donors (Lipinski definition) is 2. The average molecular weight is 491 g/mol. The summed E-state index contributed by atoms with van der Waals surface area (Å²) in [6, 6.07) is 14.2. The summed E-state index contributed by atoms with van der Waals surface area (Å²) >= 11 is 6.06. The molecule has 1 amide bonds. The maximum atomic E-state index is 13.3. The molecule has 3 aromatic carbocycles. The van der Waals surface area contributed by atoms with Crippen molar-refractivity contribution >= 4 is 45.5 Å². The summed E-state index contributed by atoms with van der Waals surface area (Å²) in [6.07, 6.45) is -4.65. The fraction of sp³-hybridized carbons (Fsp3) is 0.0870. The number of nitrogens with zero attached hydrogens (tertiary/aromatic N) is 3. The van der Waals surface area contributed by atoms with E-state index in [1.54, 1.807) is 0 Å². The number of fused-ring (bicyclic) bond motifs is 1. The van der Waals surface area contributed by atoms with Gasteiger partial charge in [0.15, 0.2) is 5.69 Å². The minimum Gasteiger partial charge on any atom is -0.493 e. The Morgan fingerprint density at radius 2 is 1.74 bits per heavy atom. The SMILES string of the molecule is O=C(Cn1c(O)c(N=Nc2ccccc2C(F)(F)F)c2cc(Cl)ccc21)Nc1ccc(F)cc1. The van der Waals surface area contributed by atoms with Crippen molar-refractivity contribution in [3.8, 4) is 5.88 Å². The first-order valence-electron chi connectivity index (χ1n) is 9.77.